The van der Waals surface area contributed by atoms with Crippen LogP contribution in [-0.4, -0.2) is 46.2 Å². The number of aliphatic carboxylic acids is 1. The van der Waals surface area contributed by atoms with Crippen LogP contribution in [0.3, 0.4) is 0 Å². The number of amidine groups is 1. The van der Waals surface area contributed by atoms with E-state index in [0.717, 1.165) is 17.3 Å². The van der Waals surface area contributed by atoms with E-state index in [2.05, 4.69) is 15.5 Å². The second-order valence-corrected chi connectivity index (χ2v) is 7.03. The predicted molar refractivity (Wildman–Crippen MR) is 107 cm³/mol. The molecular weight excluding hydrogens is 398 g/mol. The summed E-state index contributed by atoms with van der Waals surface area (Å²) in [5, 5.41) is 18.5. The summed E-state index contributed by atoms with van der Waals surface area (Å²) in [6.45, 7) is 2.06. The smallest absolute Gasteiger partial charge is 0.338 e. The third-order valence-electron chi connectivity index (χ3n) is 3.78. The number of nitrogens with zero attached hydrogens (tertiary/aromatic N) is 2. The van der Waals surface area contributed by atoms with Crippen molar-refractivity contribution in [2.75, 3.05) is 6.61 Å². The summed E-state index contributed by atoms with van der Waals surface area (Å²) in [7, 11) is 0. The first kappa shape index (κ1) is 20.3. The van der Waals surface area contributed by atoms with Crippen LogP contribution in [0.1, 0.15) is 29.5 Å². The number of furan rings is 1. The number of carboxylic acid groups (broad SMARTS) is 1. The quantitative estimate of drug-likeness (QED) is 0.404. The Morgan fingerprint density at radius 1 is 1.28 bits per heavy atom. The summed E-state index contributed by atoms with van der Waals surface area (Å²) in [5.41, 5.74) is 1.23. The second-order valence-electron chi connectivity index (χ2n) is 5.84. The van der Waals surface area contributed by atoms with Crippen molar-refractivity contribution in [3.63, 3.8) is 0 Å². The van der Waals surface area contributed by atoms with Gasteiger partial charge >= 0.3 is 11.9 Å². The van der Waals surface area contributed by atoms with Crippen LogP contribution in [0.2, 0.25) is 0 Å². The van der Waals surface area contributed by atoms with E-state index in [0.29, 0.717) is 23.7 Å². The molecule has 1 aromatic carbocycles. The van der Waals surface area contributed by atoms with Gasteiger partial charge in [0.1, 0.15) is 16.8 Å². The SMILES string of the molecule is CCOC(=O)c1ccc(-c2ccc(/C=N\N=C3\NC(=O)[C@@H](CC(=O)O)S3)o2)cc1. The summed E-state index contributed by atoms with van der Waals surface area (Å²) < 4.78 is 10.6. The van der Waals surface area contributed by atoms with Gasteiger partial charge in [0.15, 0.2) is 5.17 Å². The summed E-state index contributed by atoms with van der Waals surface area (Å²) in [4.78, 5) is 34.0. The van der Waals surface area contributed by atoms with Crippen molar-refractivity contribution in [1.29, 1.82) is 0 Å². The number of esters is 1. The highest BCUT2D eigenvalue weighted by atomic mass is 32.2. The maximum absolute atomic E-state index is 11.7. The van der Waals surface area contributed by atoms with E-state index in [-0.39, 0.29) is 17.6 Å². The molecule has 0 saturated carbocycles. The Labute approximate surface area is 169 Å². The van der Waals surface area contributed by atoms with Crippen LogP contribution in [0.5, 0.6) is 0 Å². The first-order valence-electron chi connectivity index (χ1n) is 8.64. The van der Waals surface area contributed by atoms with Gasteiger partial charge < -0.3 is 19.6 Å². The van der Waals surface area contributed by atoms with Crippen molar-refractivity contribution >= 4 is 41.0 Å². The van der Waals surface area contributed by atoms with Crippen LogP contribution in [0.4, 0.5) is 0 Å². The van der Waals surface area contributed by atoms with Crippen LogP contribution >= 0.6 is 11.8 Å². The van der Waals surface area contributed by atoms with Gasteiger partial charge in [0.25, 0.3) is 0 Å². The summed E-state index contributed by atoms with van der Waals surface area (Å²) in [6, 6.07) is 10.3. The number of nitrogens with one attached hydrogen (secondary N) is 1. The lowest BCUT2D eigenvalue weighted by molar-refractivity contribution is -0.138. The molecule has 150 valence electrons. The minimum Gasteiger partial charge on any atom is -0.481 e. The van der Waals surface area contributed by atoms with Gasteiger partial charge in [0.2, 0.25) is 5.91 Å². The molecule has 2 aromatic rings. The van der Waals surface area contributed by atoms with Gasteiger partial charge in [-0.05, 0) is 31.2 Å². The van der Waals surface area contributed by atoms with E-state index in [9.17, 15) is 14.4 Å². The molecule has 1 aliphatic heterocycles. The number of ether oxygens (including phenoxy) is 1. The van der Waals surface area contributed by atoms with Crippen molar-refractivity contribution < 1.29 is 28.6 Å². The molecule has 1 saturated heterocycles. The number of carbonyl (C=O) groups is 3. The van der Waals surface area contributed by atoms with Gasteiger partial charge in [0, 0.05) is 5.56 Å². The number of hydrogen-bond acceptors (Lipinski definition) is 8. The zero-order valence-corrected chi connectivity index (χ0v) is 16.1. The van der Waals surface area contributed by atoms with Crippen LogP contribution in [-0.2, 0) is 14.3 Å². The number of amides is 1. The Morgan fingerprint density at radius 3 is 2.72 bits per heavy atom. The molecule has 0 aliphatic carbocycles. The molecule has 9 nitrogen and oxygen atoms in total. The first-order chi connectivity index (χ1) is 14.0. The monoisotopic (exact) mass is 415 g/mol. The van der Waals surface area contributed by atoms with Crippen LogP contribution in [0.15, 0.2) is 51.0 Å². The molecule has 1 aromatic heterocycles. The third kappa shape index (κ3) is 5.32. The van der Waals surface area contributed by atoms with Gasteiger partial charge in [-0.15, -0.1) is 5.10 Å². The van der Waals surface area contributed by atoms with Gasteiger partial charge in [0.05, 0.1) is 24.8 Å². The van der Waals surface area contributed by atoms with Gasteiger partial charge in [-0.25, -0.2) is 4.79 Å². The van der Waals surface area contributed by atoms with E-state index >= 15 is 0 Å². The average molecular weight is 415 g/mol. The molecule has 1 amide bonds. The molecular formula is C19H17N3O6S. The second kappa shape index (κ2) is 9.20. The molecule has 29 heavy (non-hydrogen) atoms. The Hall–Kier alpha value is -3.40. The van der Waals surface area contributed by atoms with Crippen LogP contribution in [0, 0.1) is 0 Å². The summed E-state index contributed by atoms with van der Waals surface area (Å²) in [6.07, 6.45) is 1.09. The number of carboxylic acids is 1. The molecule has 1 aliphatic rings. The lowest BCUT2D eigenvalue weighted by atomic mass is 10.1. The molecule has 3 rings (SSSR count). The maximum Gasteiger partial charge on any atom is 0.338 e. The fraction of sp³-hybridized carbons (Fsp3) is 0.211. The topological polar surface area (TPSA) is 131 Å². The van der Waals surface area contributed by atoms with Crippen molar-refractivity contribution in [2.45, 2.75) is 18.6 Å². The summed E-state index contributed by atoms with van der Waals surface area (Å²) in [5.74, 6) is -0.818. The van der Waals surface area contributed by atoms with Crippen LogP contribution < -0.4 is 5.32 Å². The van der Waals surface area contributed by atoms with E-state index in [4.69, 9.17) is 14.3 Å². The Bertz CT molecular complexity index is 980. The van der Waals surface area contributed by atoms with E-state index < -0.39 is 17.1 Å². The van der Waals surface area contributed by atoms with E-state index in [1.54, 1.807) is 43.3 Å². The van der Waals surface area contributed by atoms with Gasteiger partial charge in [-0.3, -0.25) is 9.59 Å². The number of thioether (sulfide) groups is 1. The van der Waals surface area contributed by atoms with Crippen molar-refractivity contribution in [1.82, 2.24) is 5.32 Å². The molecule has 1 atom stereocenters. The fourth-order valence-corrected chi connectivity index (χ4v) is 3.36. The van der Waals surface area contributed by atoms with E-state index in [1.165, 1.54) is 6.21 Å². The Morgan fingerprint density at radius 2 is 2.03 bits per heavy atom. The lowest BCUT2D eigenvalue weighted by Gasteiger charge is -2.02. The first-order valence-corrected chi connectivity index (χ1v) is 9.52. The molecule has 10 heteroatoms. The molecule has 2 heterocycles. The highest BCUT2D eigenvalue weighted by molar-refractivity contribution is 8.15. The lowest BCUT2D eigenvalue weighted by Crippen LogP contribution is -2.26. The Kier molecular flexibility index (Phi) is 6.45. The molecule has 0 bridgehead atoms. The molecule has 2 N–H and O–H groups in total. The third-order valence-corrected chi connectivity index (χ3v) is 4.85. The Balaban J connectivity index is 1.62. The number of carbonyl (C=O) groups excluding carboxylic acids is 2. The standard InChI is InChI=1S/C19H17N3O6S/c1-2-27-18(26)12-5-3-11(4-6-12)14-8-7-13(28-14)10-20-22-19-21-17(25)15(29-19)9-16(23)24/h3-8,10,15H,2,9H2,1H3,(H,23,24)(H,21,22,25)/b20-10-/t15-/m1/s1. The number of rotatable bonds is 7. The van der Waals surface area contributed by atoms with Gasteiger partial charge in [-0.1, -0.05) is 23.9 Å². The number of benzene rings is 1. The number of hydrogen-bond donors (Lipinski definition) is 2. The van der Waals surface area contributed by atoms with Crippen molar-refractivity contribution in [3.8, 4) is 11.3 Å². The van der Waals surface area contributed by atoms with Gasteiger partial charge in [-0.2, -0.15) is 5.10 Å². The predicted octanol–water partition coefficient (Wildman–Crippen LogP) is 2.52. The van der Waals surface area contributed by atoms with Crippen molar-refractivity contribution in [3.05, 3.63) is 47.7 Å². The molecule has 0 unspecified atom stereocenters. The maximum atomic E-state index is 11.7. The van der Waals surface area contributed by atoms with Crippen LogP contribution in [0.25, 0.3) is 11.3 Å². The van der Waals surface area contributed by atoms with E-state index in [1.807, 2.05) is 0 Å². The molecule has 1 fully saturated rings. The highest BCUT2D eigenvalue weighted by Crippen LogP contribution is 2.23. The molecule has 0 radical (unpaired) electrons. The zero-order chi connectivity index (χ0) is 20.8. The highest BCUT2D eigenvalue weighted by Gasteiger charge is 2.32. The zero-order valence-electron chi connectivity index (χ0n) is 15.3. The normalized spacial score (nSPS) is 17.6. The summed E-state index contributed by atoms with van der Waals surface area (Å²) >= 11 is 1.02. The van der Waals surface area contributed by atoms with Crippen molar-refractivity contribution in [2.24, 2.45) is 10.2 Å². The fourth-order valence-electron chi connectivity index (χ4n) is 2.45. The molecule has 0 spiro atoms. The minimum absolute atomic E-state index is 0.235. The largest absolute Gasteiger partial charge is 0.481 e. The minimum atomic E-state index is -1.05. The average Bonchev–Trinajstić information content (AvgIpc) is 3.29.